The van der Waals surface area contributed by atoms with E-state index < -0.39 is 42.4 Å². The van der Waals surface area contributed by atoms with E-state index in [2.05, 4.69) is 8.75 Å². The monoisotopic (exact) mass is 392 g/mol. The third-order valence-corrected chi connectivity index (χ3v) is 5.06. The fourth-order valence-corrected chi connectivity index (χ4v) is 3.67. The highest BCUT2D eigenvalue weighted by Crippen LogP contribution is 2.29. The van der Waals surface area contributed by atoms with Crippen LogP contribution in [0.25, 0.3) is 11.2 Å². The SMILES string of the molecule is O=c1c2nsnc2n([C@@H]2O[C@H](CO)[C@@H](O)[C@H]2O)c(=O)n1Cc1ccccc1. The van der Waals surface area contributed by atoms with Gasteiger partial charge in [-0.1, -0.05) is 30.3 Å². The second kappa shape index (κ2) is 6.94. The summed E-state index contributed by atoms with van der Waals surface area (Å²) >= 11 is 0.750. The van der Waals surface area contributed by atoms with Gasteiger partial charge in [-0.3, -0.25) is 9.36 Å². The van der Waals surface area contributed by atoms with Crippen molar-refractivity contribution in [1.29, 1.82) is 0 Å². The standard InChI is InChI=1S/C16H16N4O6S/c21-7-9-11(22)12(23)15(26-9)20-13-10(17-27-18-13)14(24)19(16(20)25)6-8-4-2-1-3-5-8/h1-5,9,11-12,15,21-23H,6-7H2/t9-,11-,12-,15-/m1/s1. The van der Waals surface area contributed by atoms with Gasteiger partial charge in [0.2, 0.25) is 0 Å². The first-order chi connectivity index (χ1) is 13.0. The molecule has 142 valence electrons. The molecule has 1 fully saturated rings. The molecule has 0 unspecified atom stereocenters. The van der Waals surface area contributed by atoms with Crippen LogP contribution in [0.1, 0.15) is 11.8 Å². The van der Waals surface area contributed by atoms with Crippen molar-refractivity contribution < 1.29 is 20.1 Å². The number of aliphatic hydroxyl groups is 3. The van der Waals surface area contributed by atoms with Gasteiger partial charge in [0.1, 0.15) is 18.3 Å². The van der Waals surface area contributed by atoms with Crippen molar-refractivity contribution in [2.75, 3.05) is 6.61 Å². The summed E-state index contributed by atoms with van der Waals surface area (Å²) in [5.74, 6) is 0. The summed E-state index contributed by atoms with van der Waals surface area (Å²) in [6.07, 6.45) is -5.23. The lowest BCUT2D eigenvalue weighted by Gasteiger charge is -2.19. The molecule has 0 aliphatic carbocycles. The highest BCUT2D eigenvalue weighted by atomic mass is 32.1. The Balaban J connectivity index is 1.90. The summed E-state index contributed by atoms with van der Waals surface area (Å²) in [6.45, 7) is -0.535. The zero-order valence-corrected chi connectivity index (χ0v) is 14.7. The van der Waals surface area contributed by atoms with E-state index in [1.165, 1.54) is 0 Å². The molecule has 4 rings (SSSR count). The number of hydrogen-bond acceptors (Lipinski definition) is 9. The molecular formula is C16H16N4O6S. The van der Waals surface area contributed by atoms with Crippen LogP contribution in [0.15, 0.2) is 39.9 Å². The Hall–Kier alpha value is -2.44. The topological polar surface area (TPSA) is 140 Å². The van der Waals surface area contributed by atoms with E-state index in [0.717, 1.165) is 26.4 Å². The molecule has 27 heavy (non-hydrogen) atoms. The number of hydrogen-bond donors (Lipinski definition) is 3. The van der Waals surface area contributed by atoms with Crippen LogP contribution in [-0.4, -0.2) is 58.1 Å². The number of aromatic nitrogens is 4. The number of benzene rings is 1. The fourth-order valence-electron chi connectivity index (χ4n) is 3.14. The Morgan fingerprint density at radius 2 is 1.85 bits per heavy atom. The van der Waals surface area contributed by atoms with Crippen molar-refractivity contribution in [2.45, 2.75) is 31.1 Å². The first kappa shape index (κ1) is 17.9. The first-order valence-corrected chi connectivity index (χ1v) is 8.90. The lowest BCUT2D eigenvalue weighted by atomic mass is 10.1. The predicted octanol–water partition coefficient (Wildman–Crippen LogP) is -1.33. The fraction of sp³-hybridized carbons (Fsp3) is 0.375. The minimum Gasteiger partial charge on any atom is -0.394 e. The molecule has 4 atom stereocenters. The summed E-state index contributed by atoms with van der Waals surface area (Å²) < 4.78 is 15.4. The van der Waals surface area contributed by atoms with Gasteiger partial charge in [-0.2, -0.15) is 8.75 Å². The van der Waals surface area contributed by atoms with Gasteiger partial charge >= 0.3 is 5.69 Å². The quantitative estimate of drug-likeness (QED) is 0.496. The molecule has 1 saturated heterocycles. The average Bonchev–Trinajstić information content (AvgIpc) is 3.27. The lowest BCUT2D eigenvalue weighted by Crippen LogP contribution is -2.44. The number of fused-ring (bicyclic) bond motifs is 1. The highest BCUT2D eigenvalue weighted by Gasteiger charge is 2.45. The van der Waals surface area contributed by atoms with Gasteiger partial charge in [-0.25, -0.2) is 9.36 Å². The molecule has 0 radical (unpaired) electrons. The van der Waals surface area contributed by atoms with Crippen molar-refractivity contribution in [2.24, 2.45) is 0 Å². The van der Waals surface area contributed by atoms with E-state index >= 15 is 0 Å². The number of rotatable bonds is 4. The zero-order chi connectivity index (χ0) is 19.1. The molecule has 1 aromatic carbocycles. The first-order valence-electron chi connectivity index (χ1n) is 8.17. The van der Waals surface area contributed by atoms with Crippen LogP contribution in [0.3, 0.4) is 0 Å². The molecular weight excluding hydrogens is 376 g/mol. The van der Waals surface area contributed by atoms with Crippen molar-refractivity contribution in [3.8, 4) is 0 Å². The molecule has 3 heterocycles. The van der Waals surface area contributed by atoms with Crippen LogP contribution in [-0.2, 0) is 11.3 Å². The molecule has 3 N–H and O–H groups in total. The van der Waals surface area contributed by atoms with Gasteiger partial charge in [0, 0.05) is 0 Å². The molecule has 0 spiro atoms. The van der Waals surface area contributed by atoms with Crippen molar-refractivity contribution in [3.05, 3.63) is 56.7 Å². The molecule has 2 aromatic heterocycles. The smallest absolute Gasteiger partial charge is 0.335 e. The second-order valence-electron chi connectivity index (χ2n) is 6.19. The molecule has 11 heteroatoms. The lowest BCUT2D eigenvalue weighted by molar-refractivity contribution is -0.0534. The summed E-state index contributed by atoms with van der Waals surface area (Å²) in [5, 5.41) is 29.6. The van der Waals surface area contributed by atoms with E-state index in [1.807, 2.05) is 6.07 Å². The van der Waals surface area contributed by atoms with E-state index in [9.17, 15) is 24.9 Å². The number of ether oxygens (including phenoxy) is 1. The van der Waals surface area contributed by atoms with Crippen LogP contribution in [0.5, 0.6) is 0 Å². The number of nitrogens with zero attached hydrogens (tertiary/aromatic N) is 4. The van der Waals surface area contributed by atoms with Crippen LogP contribution >= 0.6 is 11.7 Å². The summed E-state index contributed by atoms with van der Waals surface area (Å²) in [4.78, 5) is 25.8. The van der Waals surface area contributed by atoms with Gasteiger partial charge < -0.3 is 20.1 Å². The van der Waals surface area contributed by atoms with E-state index in [0.29, 0.717) is 0 Å². The maximum Gasteiger partial charge on any atom is 0.335 e. The maximum atomic E-state index is 13.1. The number of aliphatic hydroxyl groups excluding tert-OH is 3. The van der Waals surface area contributed by atoms with E-state index in [1.54, 1.807) is 24.3 Å². The average molecular weight is 392 g/mol. The summed E-state index contributed by atoms with van der Waals surface area (Å²) in [6, 6.07) is 8.93. The predicted molar refractivity (Wildman–Crippen MR) is 94.5 cm³/mol. The Morgan fingerprint density at radius 1 is 1.11 bits per heavy atom. The second-order valence-corrected chi connectivity index (χ2v) is 6.72. The third kappa shape index (κ3) is 2.89. The molecule has 1 aliphatic heterocycles. The zero-order valence-electron chi connectivity index (χ0n) is 13.9. The van der Waals surface area contributed by atoms with Crippen LogP contribution in [0.2, 0.25) is 0 Å². The minimum absolute atomic E-state index is 0.000765. The largest absolute Gasteiger partial charge is 0.394 e. The van der Waals surface area contributed by atoms with E-state index in [4.69, 9.17) is 4.74 Å². The van der Waals surface area contributed by atoms with Crippen molar-refractivity contribution >= 4 is 22.9 Å². The summed E-state index contributed by atoms with van der Waals surface area (Å²) in [5.41, 5.74) is -0.691. The van der Waals surface area contributed by atoms with Crippen LogP contribution in [0.4, 0.5) is 0 Å². The van der Waals surface area contributed by atoms with Crippen LogP contribution < -0.4 is 11.2 Å². The Morgan fingerprint density at radius 3 is 2.52 bits per heavy atom. The molecule has 0 saturated carbocycles. The molecule has 0 amide bonds. The van der Waals surface area contributed by atoms with E-state index in [-0.39, 0.29) is 17.7 Å². The third-order valence-electron chi connectivity index (χ3n) is 4.54. The Bertz CT molecular complexity index is 1080. The minimum atomic E-state index is -1.48. The van der Waals surface area contributed by atoms with Crippen molar-refractivity contribution in [1.82, 2.24) is 17.9 Å². The van der Waals surface area contributed by atoms with Gasteiger partial charge in [0.05, 0.1) is 24.9 Å². The Kier molecular flexibility index (Phi) is 4.61. The van der Waals surface area contributed by atoms with Gasteiger partial charge in [0.15, 0.2) is 17.4 Å². The molecule has 10 nitrogen and oxygen atoms in total. The molecule has 1 aliphatic rings. The van der Waals surface area contributed by atoms with Crippen molar-refractivity contribution in [3.63, 3.8) is 0 Å². The normalized spacial score (nSPS) is 25.3. The molecule has 0 bridgehead atoms. The maximum absolute atomic E-state index is 13.1. The van der Waals surface area contributed by atoms with Gasteiger partial charge in [-0.05, 0) is 5.56 Å². The van der Waals surface area contributed by atoms with Crippen LogP contribution in [0, 0.1) is 0 Å². The summed E-state index contributed by atoms with van der Waals surface area (Å²) in [7, 11) is 0. The Labute approximate surface area is 155 Å². The highest BCUT2D eigenvalue weighted by molar-refractivity contribution is 7.00. The molecule has 3 aromatic rings. The van der Waals surface area contributed by atoms with Gasteiger partial charge in [-0.15, -0.1) is 0 Å². The van der Waals surface area contributed by atoms with Gasteiger partial charge in [0.25, 0.3) is 5.56 Å².